The van der Waals surface area contributed by atoms with Crippen molar-refractivity contribution in [3.63, 3.8) is 0 Å². The first-order valence-corrected chi connectivity index (χ1v) is 6.80. The summed E-state index contributed by atoms with van der Waals surface area (Å²) in [7, 11) is 1.70. The molecule has 1 unspecified atom stereocenters. The van der Waals surface area contributed by atoms with Gasteiger partial charge in [0.15, 0.2) is 0 Å². The zero-order valence-corrected chi connectivity index (χ0v) is 12.4. The van der Waals surface area contributed by atoms with Crippen molar-refractivity contribution < 1.29 is 4.74 Å². The summed E-state index contributed by atoms with van der Waals surface area (Å²) in [6.07, 6.45) is 3.45. The number of ether oxygens (including phenoxy) is 1. The molecule has 20 heavy (non-hydrogen) atoms. The largest absolute Gasteiger partial charge is 0.496 e. The number of nitrogens with one attached hydrogen (secondary N) is 1. The predicted octanol–water partition coefficient (Wildman–Crippen LogP) is 3.21. The molecule has 0 amide bonds. The van der Waals surface area contributed by atoms with E-state index < -0.39 is 0 Å². The number of aryl methyl sites for hydroxylation is 1. The second kappa shape index (κ2) is 6.48. The van der Waals surface area contributed by atoms with Crippen molar-refractivity contribution in [2.45, 2.75) is 32.9 Å². The quantitative estimate of drug-likeness (QED) is 0.907. The third-order valence-corrected chi connectivity index (χ3v) is 3.43. The van der Waals surface area contributed by atoms with Gasteiger partial charge in [-0.1, -0.05) is 18.2 Å². The van der Waals surface area contributed by atoms with Gasteiger partial charge in [-0.15, -0.1) is 0 Å². The molecule has 0 bridgehead atoms. The van der Waals surface area contributed by atoms with Gasteiger partial charge < -0.3 is 10.1 Å². The lowest BCUT2D eigenvalue weighted by Gasteiger charge is -2.22. The average molecular weight is 271 g/mol. The molecule has 0 saturated carbocycles. The topological polar surface area (TPSA) is 47.0 Å². The SMILES string of the molecule is COc1ccccc1[C@H](C)NC(C)c1nccnc1C. The van der Waals surface area contributed by atoms with Crippen molar-refractivity contribution >= 4 is 0 Å². The highest BCUT2D eigenvalue weighted by atomic mass is 16.5. The first-order chi connectivity index (χ1) is 9.63. The lowest BCUT2D eigenvalue weighted by molar-refractivity contribution is 0.395. The van der Waals surface area contributed by atoms with Crippen LogP contribution in [0.3, 0.4) is 0 Å². The van der Waals surface area contributed by atoms with Gasteiger partial charge in [0.2, 0.25) is 0 Å². The molecule has 1 heterocycles. The number of para-hydroxylation sites is 1. The molecular formula is C16H21N3O. The van der Waals surface area contributed by atoms with Crippen molar-refractivity contribution in [3.8, 4) is 5.75 Å². The summed E-state index contributed by atoms with van der Waals surface area (Å²) in [4.78, 5) is 8.70. The standard InChI is InChI=1S/C16H21N3O/c1-11(14-7-5-6-8-15(14)20-4)19-13(3)16-12(2)17-9-10-18-16/h5-11,13,19H,1-4H3/t11-,13?/m0/s1. The fourth-order valence-electron chi connectivity index (χ4n) is 2.41. The molecule has 0 aliphatic heterocycles. The van der Waals surface area contributed by atoms with Crippen LogP contribution in [0.15, 0.2) is 36.7 Å². The van der Waals surface area contributed by atoms with Gasteiger partial charge in [0.25, 0.3) is 0 Å². The molecule has 4 nitrogen and oxygen atoms in total. The Labute approximate surface area is 120 Å². The molecule has 1 aromatic carbocycles. The Morgan fingerprint density at radius 2 is 1.75 bits per heavy atom. The van der Waals surface area contributed by atoms with E-state index in [-0.39, 0.29) is 12.1 Å². The molecule has 0 spiro atoms. The summed E-state index contributed by atoms with van der Waals surface area (Å²) in [6.45, 7) is 6.21. The van der Waals surface area contributed by atoms with E-state index in [9.17, 15) is 0 Å². The van der Waals surface area contributed by atoms with Crippen LogP contribution in [-0.2, 0) is 0 Å². The van der Waals surface area contributed by atoms with Crippen molar-refractivity contribution in [2.75, 3.05) is 7.11 Å². The molecular weight excluding hydrogens is 250 g/mol. The third-order valence-electron chi connectivity index (χ3n) is 3.43. The highest BCUT2D eigenvalue weighted by molar-refractivity contribution is 5.35. The third kappa shape index (κ3) is 3.14. The van der Waals surface area contributed by atoms with Crippen LogP contribution >= 0.6 is 0 Å². The normalized spacial score (nSPS) is 13.8. The lowest BCUT2D eigenvalue weighted by Crippen LogP contribution is -2.24. The van der Waals surface area contributed by atoms with Gasteiger partial charge in [0, 0.05) is 30.0 Å². The molecule has 0 fully saturated rings. The predicted molar refractivity (Wildman–Crippen MR) is 79.7 cm³/mol. The number of methoxy groups -OCH3 is 1. The fraction of sp³-hybridized carbons (Fsp3) is 0.375. The number of aromatic nitrogens is 2. The van der Waals surface area contributed by atoms with Crippen LogP contribution in [0.2, 0.25) is 0 Å². The minimum Gasteiger partial charge on any atom is -0.496 e. The molecule has 0 aliphatic carbocycles. The summed E-state index contributed by atoms with van der Waals surface area (Å²) in [5, 5.41) is 3.55. The average Bonchev–Trinajstić information content (AvgIpc) is 2.47. The minimum atomic E-state index is 0.128. The van der Waals surface area contributed by atoms with E-state index in [4.69, 9.17) is 4.74 Å². The molecule has 0 aliphatic rings. The van der Waals surface area contributed by atoms with Gasteiger partial charge in [-0.05, 0) is 26.8 Å². The Balaban J connectivity index is 2.15. The van der Waals surface area contributed by atoms with Gasteiger partial charge in [-0.25, -0.2) is 0 Å². The van der Waals surface area contributed by atoms with Gasteiger partial charge in [0.05, 0.1) is 18.5 Å². The van der Waals surface area contributed by atoms with Crippen LogP contribution in [0, 0.1) is 6.92 Å². The molecule has 106 valence electrons. The van der Waals surface area contributed by atoms with Crippen molar-refractivity contribution in [1.82, 2.24) is 15.3 Å². The van der Waals surface area contributed by atoms with Gasteiger partial charge in [-0.2, -0.15) is 0 Å². The van der Waals surface area contributed by atoms with E-state index in [1.807, 2.05) is 25.1 Å². The number of rotatable bonds is 5. The van der Waals surface area contributed by atoms with E-state index in [0.717, 1.165) is 22.7 Å². The van der Waals surface area contributed by atoms with Crippen LogP contribution in [-0.4, -0.2) is 17.1 Å². The van der Waals surface area contributed by atoms with E-state index >= 15 is 0 Å². The van der Waals surface area contributed by atoms with E-state index in [1.54, 1.807) is 19.5 Å². The number of benzene rings is 1. The van der Waals surface area contributed by atoms with E-state index in [2.05, 4.69) is 35.2 Å². The van der Waals surface area contributed by atoms with E-state index in [1.165, 1.54) is 0 Å². The van der Waals surface area contributed by atoms with Crippen LogP contribution in [0.1, 0.15) is 42.9 Å². The highest BCUT2D eigenvalue weighted by Gasteiger charge is 2.16. The maximum atomic E-state index is 5.41. The van der Waals surface area contributed by atoms with Crippen molar-refractivity contribution in [2.24, 2.45) is 0 Å². The second-order valence-electron chi connectivity index (χ2n) is 4.88. The smallest absolute Gasteiger partial charge is 0.123 e. The van der Waals surface area contributed by atoms with Crippen LogP contribution in [0.25, 0.3) is 0 Å². The molecule has 0 radical (unpaired) electrons. The summed E-state index contributed by atoms with van der Waals surface area (Å²) in [5.41, 5.74) is 3.08. The molecule has 2 aromatic rings. The lowest BCUT2D eigenvalue weighted by atomic mass is 10.1. The highest BCUT2D eigenvalue weighted by Crippen LogP contribution is 2.26. The maximum absolute atomic E-state index is 5.41. The number of hydrogen-bond donors (Lipinski definition) is 1. The summed E-state index contributed by atoms with van der Waals surface area (Å²) < 4.78 is 5.41. The first kappa shape index (κ1) is 14.5. The Hall–Kier alpha value is -1.94. The zero-order valence-electron chi connectivity index (χ0n) is 12.4. The van der Waals surface area contributed by atoms with Crippen LogP contribution < -0.4 is 10.1 Å². The van der Waals surface area contributed by atoms with Crippen molar-refractivity contribution in [3.05, 3.63) is 53.6 Å². The summed E-state index contributed by atoms with van der Waals surface area (Å²) >= 11 is 0. The van der Waals surface area contributed by atoms with Gasteiger partial charge >= 0.3 is 0 Å². The molecule has 0 saturated heterocycles. The summed E-state index contributed by atoms with van der Waals surface area (Å²) in [6, 6.07) is 8.35. The fourth-order valence-corrected chi connectivity index (χ4v) is 2.41. The Morgan fingerprint density at radius 3 is 2.45 bits per heavy atom. The first-order valence-electron chi connectivity index (χ1n) is 6.80. The Kier molecular flexibility index (Phi) is 4.69. The van der Waals surface area contributed by atoms with Crippen LogP contribution in [0.4, 0.5) is 0 Å². The zero-order chi connectivity index (χ0) is 14.5. The molecule has 1 N–H and O–H groups in total. The minimum absolute atomic E-state index is 0.128. The summed E-state index contributed by atoms with van der Waals surface area (Å²) in [5.74, 6) is 0.899. The molecule has 4 heteroatoms. The van der Waals surface area contributed by atoms with Gasteiger partial charge in [-0.3, -0.25) is 9.97 Å². The molecule has 1 aromatic heterocycles. The van der Waals surface area contributed by atoms with Gasteiger partial charge in [0.1, 0.15) is 5.75 Å². The van der Waals surface area contributed by atoms with Crippen LogP contribution in [0.5, 0.6) is 5.75 Å². The van der Waals surface area contributed by atoms with E-state index in [0.29, 0.717) is 0 Å². The maximum Gasteiger partial charge on any atom is 0.123 e. The molecule has 2 rings (SSSR count). The Morgan fingerprint density at radius 1 is 1.05 bits per heavy atom. The second-order valence-corrected chi connectivity index (χ2v) is 4.88. The number of hydrogen-bond acceptors (Lipinski definition) is 4. The Bertz CT molecular complexity index is 571. The molecule has 2 atom stereocenters. The monoisotopic (exact) mass is 271 g/mol. The number of nitrogens with zero attached hydrogens (tertiary/aromatic N) is 2. The van der Waals surface area contributed by atoms with Crippen molar-refractivity contribution in [1.29, 1.82) is 0 Å².